The second kappa shape index (κ2) is 7.78. The summed E-state index contributed by atoms with van der Waals surface area (Å²) in [5.74, 6) is 1.59. The van der Waals surface area contributed by atoms with Crippen molar-refractivity contribution < 1.29 is 14.1 Å². The van der Waals surface area contributed by atoms with Crippen molar-refractivity contribution in [3.63, 3.8) is 0 Å². The Morgan fingerprint density at radius 2 is 2.15 bits per heavy atom. The third kappa shape index (κ3) is 3.65. The highest BCUT2D eigenvalue weighted by atomic mass is 16.5. The van der Waals surface area contributed by atoms with E-state index in [-0.39, 0.29) is 5.91 Å². The average molecular weight is 366 g/mol. The van der Waals surface area contributed by atoms with Gasteiger partial charge in [0.1, 0.15) is 17.4 Å². The van der Waals surface area contributed by atoms with E-state index in [2.05, 4.69) is 16.2 Å². The Hall–Kier alpha value is -2.88. The quantitative estimate of drug-likeness (QED) is 0.826. The highest BCUT2D eigenvalue weighted by molar-refractivity contribution is 5.94. The molecule has 0 saturated carbocycles. The average Bonchev–Trinajstić information content (AvgIpc) is 3.16. The largest absolute Gasteiger partial charge is 0.476 e. The number of fused-ring (bicyclic) bond motifs is 1. The summed E-state index contributed by atoms with van der Waals surface area (Å²) in [7, 11) is 0. The van der Waals surface area contributed by atoms with Gasteiger partial charge in [-0.05, 0) is 50.2 Å². The van der Waals surface area contributed by atoms with Gasteiger partial charge in [0.25, 0.3) is 5.91 Å². The number of aromatic nitrogens is 2. The number of likely N-dealkylation sites (tertiary alicyclic amines) is 1. The van der Waals surface area contributed by atoms with Crippen molar-refractivity contribution in [3.8, 4) is 11.9 Å². The van der Waals surface area contributed by atoms with E-state index in [4.69, 9.17) is 14.5 Å². The van der Waals surface area contributed by atoms with E-state index in [1.54, 1.807) is 18.3 Å². The maximum atomic E-state index is 12.8. The van der Waals surface area contributed by atoms with Crippen LogP contribution in [0.15, 0.2) is 22.9 Å². The number of nitriles is 1. The van der Waals surface area contributed by atoms with Crippen molar-refractivity contribution >= 4 is 5.91 Å². The smallest absolute Gasteiger partial charge is 0.276 e. The minimum atomic E-state index is -0.0160. The molecule has 0 unspecified atom stereocenters. The van der Waals surface area contributed by atoms with E-state index < -0.39 is 0 Å². The fraction of sp³-hybridized carbons (Fsp3) is 0.500. The second-order valence-corrected chi connectivity index (χ2v) is 7.15. The molecule has 0 atom stereocenters. The number of hydrogen-bond donors (Lipinski definition) is 0. The molecule has 1 amide bonds. The molecule has 2 aliphatic rings. The maximum Gasteiger partial charge on any atom is 0.276 e. The molecule has 1 aliphatic heterocycles. The van der Waals surface area contributed by atoms with Crippen molar-refractivity contribution in [1.29, 1.82) is 5.26 Å². The molecule has 1 saturated heterocycles. The Bertz CT molecular complexity index is 862. The molecule has 0 bridgehead atoms. The van der Waals surface area contributed by atoms with Crippen molar-refractivity contribution in [3.05, 3.63) is 40.9 Å². The summed E-state index contributed by atoms with van der Waals surface area (Å²) in [4.78, 5) is 18.8. The molecule has 0 radical (unpaired) electrons. The summed E-state index contributed by atoms with van der Waals surface area (Å²) in [5.41, 5.74) is 1.96. The van der Waals surface area contributed by atoms with Gasteiger partial charge in [0.15, 0.2) is 5.69 Å². The second-order valence-electron chi connectivity index (χ2n) is 7.15. The molecule has 1 aliphatic carbocycles. The number of hydrogen-bond acceptors (Lipinski definition) is 6. The van der Waals surface area contributed by atoms with Gasteiger partial charge in [0, 0.05) is 31.3 Å². The normalized spacial score (nSPS) is 17.2. The summed E-state index contributed by atoms with van der Waals surface area (Å²) in [6.07, 6.45) is 7.30. The monoisotopic (exact) mass is 366 g/mol. The molecule has 140 valence electrons. The molecule has 1 fully saturated rings. The summed E-state index contributed by atoms with van der Waals surface area (Å²) in [6, 6.07) is 5.51. The van der Waals surface area contributed by atoms with Gasteiger partial charge in [0.2, 0.25) is 5.88 Å². The van der Waals surface area contributed by atoms with Crippen LogP contribution in [-0.2, 0) is 12.8 Å². The van der Waals surface area contributed by atoms with Crippen LogP contribution in [0.3, 0.4) is 0 Å². The van der Waals surface area contributed by atoms with E-state index >= 15 is 0 Å². The number of nitrogens with zero attached hydrogens (tertiary/aromatic N) is 4. The number of pyridine rings is 1. The lowest BCUT2D eigenvalue weighted by atomic mass is 9.94. The minimum Gasteiger partial charge on any atom is -0.476 e. The molecule has 7 heteroatoms. The molecule has 2 aromatic rings. The van der Waals surface area contributed by atoms with E-state index in [0.29, 0.717) is 42.8 Å². The summed E-state index contributed by atoms with van der Waals surface area (Å²) < 4.78 is 11.1. The first-order valence-electron chi connectivity index (χ1n) is 9.51. The van der Waals surface area contributed by atoms with Gasteiger partial charge >= 0.3 is 0 Å². The van der Waals surface area contributed by atoms with E-state index in [1.165, 1.54) is 0 Å². The van der Waals surface area contributed by atoms with Crippen LogP contribution in [-0.4, -0.2) is 40.6 Å². The number of aryl methyl sites for hydroxylation is 1. The van der Waals surface area contributed by atoms with Crippen molar-refractivity contribution in [2.45, 2.75) is 38.5 Å². The predicted molar refractivity (Wildman–Crippen MR) is 96.2 cm³/mol. The van der Waals surface area contributed by atoms with E-state index in [1.807, 2.05) is 4.90 Å². The summed E-state index contributed by atoms with van der Waals surface area (Å²) in [5, 5.41) is 13.2. The van der Waals surface area contributed by atoms with Crippen LogP contribution in [0, 0.1) is 17.2 Å². The van der Waals surface area contributed by atoms with E-state index in [9.17, 15) is 4.79 Å². The molecule has 7 nitrogen and oxygen atoms in total. The first-order chi connectivity index (χ1) is 13.3. The van der Waals surface area contributed by atoms with Crippen molar-refractivity contribution in [2.24, 2.45) is 5.92 Å². The van der Waals surface area contributed by atoms with Crippen molar-refractivity contribution in [2.75, 3.05) is 19.7 Å². The molecule has 0 spiro atoms. The minimum absolute atomic E-state index is 0.0160. The Kier molecular flexibility index (Phi) is 5.05. The topological polar surface area (TPSA) is 92.2 Å². The molecule has 3 heterocycles. The molecule has 27 heavy (non-hydrogen) atoms. The van der Waals surface area contributed by atoms with Gasteiger partial charge in [-0.3, -0.25) is 4.79 Å². The molecule has 0 N–H and O–H groups in total. The molecule has 2 aromatic heterocycles. The standard InChI is InChI=1S/C20H22N4O3/c21-12-15-4-3-9-22-19(15)26-13-14-7-10-24(11-8-14)20(25)18-16-5-1-2-6-17(16)27-23-18/h3-4,9,14H,1-2,5-8,10-11,13H2. The molecule has 4 rings (SSSR count). The van der Waals surface area contributed by atoms with Crippen molar-refractivity contribution in [1.82, 2.24) is 15.0 Å². The summed E-state index contributed by atoms with van der Waals surface area (Å²) >= 11 is 0. The van der Waals surface area contributed by atoms with Gasteiger partial charge < -0.3 is 14.2 Å². The lowest BCUT2D eigenvalue weighted by Gasteiger charge is -2.31. The zero-order valence-corrected chi connectivity index (χ0v) is 15.2. The lowest BCUT2D eigenvalue weighted by molar-refractivity contribution is 0.0648. The fourth-order valence-electron chi connectivity index (χ4n) is 3.79. The van der Waals surface area contributed by atoms with Crippen LogP contribution in [0.2, 0.25) is 0 Å². The molecular formula is C20H22N4O3. The van der Waals surface area contributed by atoms with Crippen LogP contribution < -0.4 is 4.74 Å². The third-order valence-corrected chi connectivity index (χ3v) is 5.40. The number of piperidine rings is 1. The zero-order chi connectivity index (χ0) is 18.6. The lowest BCUT2D eigenvalue weighted by Crippen LogP contribution is -2.40. The van der Waals surface area contributed by atoms with Crippen LogP contribution in [0.4, 0.5) is 0 Å². The SMILES string of the molecule is N#Cc1cccnc1OCC1CCN(C(=O)c2noc3c2CCCC3)CC1. The zero-order valence-electron chi connectivity index (χ0n) is 15.2. The predicted octanol–water partition coefficient (Wildman–Crippen LogP) is 2.75. The molecular weight excluding hydrogens is 344 g/mol. The van der Waals surface area contributed by atoms with Gasteiger partial charge in [0.05, 0.1) is 6.61 Å². The highest BCUT2D eigenvalue weighted by Crippen LogP contribution is 2.27. The van der Waals surface area contributed by atoms with Crippen LogP contribution in [0.5, 0.6) is 5.88 Å². The number of ether oxygens (including phenoxy) is 1. The number of carbonyl (C=O) groups is 1. The maximum absolute atomic E-state index is 12.8. The van der Waals surface area contributed by atoms with Gasteiger partial charge in [-0.15, -0.1) is 0 Å². The van der Waals surface area contributed by atoms with Crippen LogP contribution >= 0.6 is 0 Å². The molecule has 0 aromatic carbocycles. The number of rotatable bonds is 4. The number of amides is 1. The van der Waals surface area contributed by atoms with Gasteiger partial charge in [-0.1, -0.05) is 5.16 Å². The third-order valence-electron chi connectivity index (χ3n) is 5.40. The summed E-state index contributed by atoms with van der Waals surface area (Å²) in [6.45, 7) is 1.87. The Labute approximate surface area is 157 Å². The number of carbonyl (C=O) groups excluding carboxylic acids is 1. The highest BCUT2D eigenvalue weighted by Gasteiger charge is 2.30. The first-order valence-corrected chi connectivity index (χ1v) is 9.51. The van der Waals surface area contributed by atoms with Crippen LogP contribution in [0.1, 0.15) is 53.1 Å². The Morgan fingerprint density at radius 3 is 2.96 bits per heavy atom. The van der Waals surface area contributed by atoms with E-state index in [0.717, 1.165) is 49.8 Å². The first kappa shape index (κ1) is 17.5. The van der Waals surface area contributed by atoms with Gasteiger partial charge in [-0.25, -0.2) is 4.98 Å². The fourth-order valence-corrected chi connectivity index (χ4v) is 3.79. The Morgan fingerprint density at radius 1 is 1.33 bits per heavy atom. The van der Waals surface area contributed by atoms with Crippen LogP contribution in [0.25, 0.3) is 0 Å². The van der Waals surface area contributed by atoms with Gasteiger partial charge in [-0.2, -0.15) is 5.26 Å². The Balaban J connectivity index is 1.32.